The second kappa shape index (κ2) is 5.63. The molecule has 0 spiro atoms. The molecule has 1 aliphatic carbocycles. The average molecular weight is 275 g/mol. The molecule has 0 heterocycles. The third kappa shape index (κ3) is 3.36. The maximum absolute atomic E-state index is 11.8. The molecule has 0 bridgehead atoms. The predicted molar refractivity (Wildman–Crippen MR) is 77.4 cm³/mol. The minimum Gasteiger partial charge on any atom is -0.368 e. The molecule has 5 nitrogen and oxygen atoms in total. The fourth-order valence-corrected chi connectivity index (χ4v) is 2.54. The lowest BCUT2D eigenvalue weighted by Crippen LogP contribution is -2.33. The molecule has 1 aliphatic rings. The van der Waals surface area contributed by atoms with Gasteiger partial charge in [0.15, 0.2) is 0 Å². The van der Waals surface area contributed by atoms with Gasteiger partial charge in [-0.3, -0.25) is 9.59 Å². The van der Waals surface area contributed by atoms with Crippen LogP contribution in [0.4, 0.5) is 0 Å². The third-order valence-corrected chi connectivity index (χ3v) is 3.66. The van der Waals surface area contributed by atoms with Gasteiger partial charge < -0.3 is 16.0 Å². The monoisotopic (exact) mass is 275 g/mol. The highest BCUT2D eigenvalue weighted by molar-refractivity contribution is 5.96. The lowest BCUT2D eigenvalue weighted by atomic mass is 9.94. The minimum atomic E-state index is -0.544. The number of nitrogens with two attached hydrogens (primary N) is 1. The number of carbonyl (C=O) groups is 2. The molecule has 3 N–H and O–H groups in total. The Bertz CT molecular complexity index is 504. The van der Waals surface area contributed by atoms with Gasteiger partial charge in [0.1, 0.15) is 0 Å². The molecule has 0 aromatic heterocycles. The summed E-state index contributed by atoms with van der Waals surface area (Å²) >= 11 is 0. The number of rotatable bonds is 6. The number of benzene rings is 1. The Kier molecular flexibility index (Phi) is 4.09. The summed E-state index contributed by atoms with van der Waals surface area (Å²) in [7, 11) is 4.15. The standard InChI is InChI=1S/C15H21N3O2/c1-18(2)10-15(7-8-15)12-5-3-11(4-6-12)14(20)17-9-13(16)19/h3-6H,7-10H2,1-2H3,(H2,16,19)(H,17,20). The van der Waals surface area contributed by atoms with Crippen molar-refractivity contribution in [2.45, 2.75) is 18.3 Å². The van der Waals surface area contributed by atoms with Gasteiger partial charge in [-0.05, 0) is 44.6 Å². The summed E-state index contributed by atoms with van der Waals surface area (Å²) in [5.74, 6) is -0.814. The second-order valence-electron chi connectivity index (χ2n) is 5.74. The normalized spacial score (nSPS) is 15.9. The van der Waals surface area contributed by atoms with Crippen LogP contribution < -0.4 is 11.1 Å². The van der Waals surface area contributed by atoms with E-state index in [0.717, 1.165) is 6.54 Å². The molecule has 5 heteroatoms. The molecular weight excluding hydrogens is 254 g/mol. The van der Waals surface area contributed by atoms with Crippen LogP contribution in [0.1, 0.15) is 28.8 Å². The average Bonchev–Trinajstić information content (AvgIpc) is 3.16. The molecule has 1 fully saturated rings. The Morgan fingerprint density at radius 3 is 2.30 bits per heavy atom. The number of hydrogen-bond acceptors (Lipinski definition) is 3. The van der Waals surface area contributed by atoms with Crippen molar-refractivity contribution in [3.63, 3.8) is 0 Å². The SMILES string of the molecule is CN(C)CC1(c2ccc(C(=O)NCC(N)=O)cc2)CC1. The summed E-state index contributed by atoms with van der Waals surface area (Å²) in [6, 6.07) is 7.63. The van der Waals surface area contributed by atoms with Crippen LogP contribution in [0, 0.1) is 0 Å². The number of likely N-dealkylation sites (N-methyl/N-ethyl adjacent to an activating group) is 1. The Hall–Kier alpha value is -1.88. The molecule has 0 unspecified atom stereocenters. The van der Waals surface area contributed by atoms with E-state index in [0.29, 0.717) is 5.56 Å². The smallest absolute Gasteiger partial charge is 0.251 e. The van der Waals surface area contributed by atoms with Gasteiger partial charge in [0.25, 0.3) is 5.91 Å². The molecule has 1 aromatic rings. The van der Waals surface area contributed by atoms with E-state index in [1.165, 1.54) is 18.4 Å². The van der Waals surface area contributed by atoms with Gasteiger partial charge in [-0.1, -0.05) is 12.1 Å². The summed E-state index contributed by atoms with van der Waals surface area (Å²) in [4.78, 5) is 24.6. The first-order valence-corrected chi connectivity index (χ1v) is 6.75. The molecule has 0 aliphatic heterocycles. The van der Waals surface area contributed by atoms with Gasteiger partial charge in [-0.15, -0.1) is 0 Å². The molecule has 2 amide bonds. The maximum Gasteiger partial charge on any atom is 0.251 e. The first-order chi connectivity index (χ1) is 9.43. The number of hydrogen-bond donors (Lipinski definition) is 2. The van der Waals surface area contributed by atoms with Crippen molar-refractivity contribution in [2.75, 3.05) is 27.2 Å². The Morgan fingerprint density at radius 1 is 1.25 bits per heavy atom. The van der Waals surface area contributed by atoms with Crippen molar-refractivity contribution in [1.82, 2.24) is 10.2 Å². The lowest BCUT2D eigenvalue weighted by molar-refractivity contribution is -0.117. The molecule has 1 aromatic carbocycles. The maximum atomic E-state index is 11.8. The summed E-state index contributed by atoms with van der Waals surface area (Å²) in [5, 5.41) is 2.48. The summed E-state index contributed by atoms with van der Waals surface area (Å²) in [6.45, 7) is 0.894. The van der Waals surface area contributed by atoms with E-state index >= 15 is 0 Å². The van der Waals surface area contributed by atoms with Crippen LogP contribution in [0.3, 0.4) is 0 Å². The zero-order chi connectivity index (χ0) is 14.8. The Morgan fingerprint density at radius 2 is 1.85 bits per heavy atom. The van der Waals surface area contributed by atoms with Crippen LogP contribution in [0.15, 0.2) is 24.3 Å². The highest BCUT2D eigenvalue weighted by Gasteiger charge is 2.44. The highest BCUT2D eigenvalue weighted by atomic mass is 16.2. The van der Waals surface area contributed by atoms with E-state index in [4.69, 9.17) is 5.73 Å². The van der Waals surface area contributed by atoms with E-state index in [2.05, 4.69) is 24.3 Å². The van der Waals surface area contributed by atoms with Gasteiger partial charge in [0.2, 0.25) is 5.91 Å². The number of nitrogens with one attached hydrogen (secondary N) is 1. The van der Waals surface area contributed by atoms with Crippen LogP contribution in [-0.4, -0.2) is 43.9 Å². The largest absolute Gasteiger partial charge is 0.368 e. The Labute approximate surface area is 119 Å². The fourth-order valence-electron chi connectivity index (χ4n) is 2.54. The van der Waals surface area contributed by atoms with Crippen molar-refractivity contribution in [1.29, 1.82) is 0 Å². The van der Waals surface area contributed by atoms with Gasteiger partial charge in [0.05, 0.1) is 6.54 Å². The first kappa shape index (κ1) is 14.5. The second-order valence-corrected chi connectivity index (χ2v) is 5.74. The molecule has 1 saturated carbocycles. The van der Waals surface area contributed by atoms with E-state index in [9.17, 15) is 9.59 Å². The number of amides is 2. The number of carbonyl (C=O) groups excluding carboxylic acids is 2. The fraction of sp³-hybridized carbons (Fsp3) is 0.467. The quantitative estimate of drug-likeness (QED) is 0.793. The topological polar surface area (TPSA) is 75.4 Å². The van der Waals surface area contributed by atoms with E-state index in [1.54, 1.807) is 12.1 Å². The molecule has 108 valence electrons. The van der Waals surface area contributed by atoms with E-state index in [1.807, 2.05) is 12.1 Å². The molecular formula is C15H21N3O2. The molecule has 2 rings (SSSR count). The first-order valence-electron chi connectivity index (χ1n) is 6.75. The van der Waals surface area contributed by atoms with Crippen LogP contribution in [0.5, 0.6) is 0 Å². The summed E-state index contributed by atoms with van der Waals surface area (Å²) in [5.41, 5.74) is 7.08. The van der Waals surface area contributed by atoms with Gasteiger partial charge in [-0.2, -0.15) is 0 Å². The van der Waals surface area contributed by atoms with Gasteiger partial charge >= 0.3 is 0 Å². The Balaban J connectivity index is 2.03. The van der Waals surface area contributed by atoms with Crippen molar-refractivity contribution in [2.24, 2.45) is 5.73 Å². The zero-order valence-corrected chi connectivity index (χ0v) is 12.0. The summed E-state index contributed by atoms with van der Waals surface area (Å²) < 4.78 is 0. The van der Waals surface area contributed by atoms with Crippen LogP contribution in [0.25, 0.3) is 0 Å². The van der Waals surface area contributed by atoms with Crippen LogP contribution in [-0.2, 0) is 10.2 Å². The minimum absolute atomic E-state index is 0.134. The van der Waals surface area contributed by atoms with Gasteiger partial charge in [0, 0.05) is 17.5 Å². The van der Waals surface area contributed by atoms with Crippen molar-refractivity contribution in [3.05, 3.63) is 35.4 Å². The molecule has 0 saturated heterocycles. The number of nitrogens with zero attached hydrogens (tertiary/aromatic N) is 1. The van der Waals surface area contributed by atoms with Crippen molar-refractivity contribution < 1.29 is 9.59 Å². The zero-order valence-electron chi connectivity index (χ0n) is 12.0. The molecule has 0 radical (unpaired) electrons. The van der Waals surface area contributed by atoms with Crippen LogP contribution in [0.2, 0.25) is 0 Å². The third-order valence-electron chi connectivity index (χ3n) is 3.66. The molecule has 0 atom stereocenters. The van der Waals surface area contributed by atoms with E-state index < -0.39 is 5.91 Å². The van der Waals surface area contributed by atoms with Crippen molar-refractivity contribution in [3.8, 4) is 0 Å². The van der Waals surface area contributed by atoms with E-state index in [-0.39, 0.29) is 17.9 Å². The summed E-state index contributed by atoms with van der Waals surface area (Å²) in [6.07, 6.45) is 2.39. The van der Waals surface area contributed by atoms with Crippen LogP contribution >= 0.6 is 0 Å². The molecule has 20 heavy (non-hydrogen) atoms. The highest BCUT2D eigenvalue weighted by Crippen LogP contribution is 2.48. The number of primary amides is 1. The predicted octanol–water partition coefficient (Wildman–Crippen LogP) is 0.495. The van der Waals surface area contributed by atoms with Gasteiger partial charge in [-0.25, -0.2) is 0 Å². The van der Waals surface area contributed by atoms with Crippen molar-refractivity contribution >= 4 is 11.8 Å². The lowest BCUT2D eigenvalue weighted by Gasteiger charge is -2.20.